The molecule has 2 aliphatic heterocycles. The van der Waals surface area contributed by atoms with Crippen molar-refractivity contribution in [1.82, 2.24) is 20.6 Å². The standard InChI is InChI=1S/C29H37F3N7O5P/c30-29(31,32)28-36-24(38-15-11-20(12-16-38)3-1-5-26(40)35-19-45(42,43)44)17-25(37-28)39-14-2-4-23(39)27(41)34-13-10-21-6-8-22(18-33)9-7-21/h6-9,17,20,23H,1-5,10-16,19H2,(H,34,41)(H,35,40)(H2,42,43,44). The van der Waals surface area contributed by atoms with E-state index in [0.29, 0.717) is 76.7 Å². The van der Waals surface area contributed by atoms with Crippen LogP contribution in [0.3, 0.4) is 0 Å². The number of nitrogens with one attached hydrogen (secondary N) is 2. The van der Waals surface area contributed by atoms with Gasteiger partial charge in [-0.05, 0) is 68.6 Å². The van der Waals surface area contributed by atoms with Crippen LogP contribution in [0.4, 0.5) is 24.8 Å². The van der Waals surface area contributed by atoms with Gasteiger partial charge in [-0.15, -0.1) is 0 Å². The number of alkyl halides is 3. The highest BCUT2D eigenvalue weighted by Gasteiger charge is 2.39. The third-order valence-corrected chi connectivity index (χ3v) is 8.61. The summed E-state index contributed by atoms with van der Waals surface area (Å²) in [6, 6.07) is 9.93. The predicted molar refractivity (Wildman–Crippen MR) is 159 cm³/mol. The van der Waals surface area contributed by atoms with Gasteiger partial charge in [-0.3, -0.25) is 14.2 Å². The lowest BCUT2D eigenvalue weighted by Gasteiger charge is -2.34. The Morgan fingerprint density at radius 1 is 1.04 bits per heavy atom. The van der Waals surface area contributed by atoms with Crippen molar-refractivity contribution < 1.29 is 37.1 Å². The second-order valence-electron chi connectivity index (χ2n) is 11.4. The van der Waals surface area contributed by atoms with Gasteiger partial charge >= 0.3 is 13.8 Å². The van der Waals surface area contributed by atoms with Crippen LogP contribution in [-0.2, 0) is 26.8 Å². The summed E-state index contributed by atoms with van der Waals surface area (Å²) in [7, 11) is -4.31. The minimum absolute atomic E-state index is 0.0560. The molecule has 0 bridgehead atoms. The molecular weight excluding hydrogens is 614 g/mol. The first-order valence-electron chi connectivity index (χ1n) is 14.9. The van der Waals surface area contributed by atoms with Crippen LogP contribution >= 0.6 is 7.60 Å². The van der Waals surface area contributed by atoms with Crippen molar-refractivity contribution in [3.05, 3.63) is 47.3 Å². The van der Waals surface area contributed by atoms with Crippen LogP contribution in [0.25, 0.3) is 0 Å². The maximum atomic E-state index is 13.9. The number of halogens is 3. The van der Waals surface area contributed by atoms with E-state index in [1.807, 2.05) is 12.1 Å². The molecule has 3 heterocycles. The molecule has 0 spiro atoms. The van der Waals surface area contributed by atoms with Gasteiger partial charge in [0.25, 0.3) is 0 Å². The van der Waals surface area contributed by atoms with Crippen LogP contribution in [0.2, 0.25) is 0 Å². The van der Waals surface area contributed by atoms with E-state index in [2.05, 4.69) is 26.7 Å². The third kappa shape index (κ3) is 10.1. The monoisotopic (exact) mass is 651 g/mol. The van der Waals surface area contributed by atoms with Crippen molar-refractivity contribution in [2.75, 3.05) is 42.3 Å². The first kappa shape index (κ1) is 34.1. The molecule has 16 heteroatoms. The first-order valence-corrected chi connectivity index (χ1v) is 16.7. The van der Waals surface area contributed by atoms with Gasteiger partial charge in [0.15, 0.2) is 0 Å². The molecular formula is C29H37F3N7O5P. The molecule has 0 saturated carbocycles. The number of aromatic nitrogens is 2. The van der Waals surface area contributed by atoms with Gasteiger partial charge in [0.1, 0.15) is 24.0 Å². The zero-order valence-electron chi connectivity index (χ0n) is 24.7. The molecule has 2 saturated heterocycles. The zero-order valence-corrected chi connectivity index (χ0v) is 25.6. The third-order valence-electron chi connectivity index (χ3n) is 8.04. The van der Waals surface area contributed by atoms with E-state index in [1.165, 1.54) is 6.07 Å². The Morgan fingerprint density at radius 2 is 1.73 bits per heavy atom. The molecule has 45 heavy (non-hydrogen) atoms. The first-order chi connectivity index (χ1) is 21.3. The molecule has 12 nitrogen and oxygen atoms in total. The van der Waals surface area contributed by atoms with Gasteiger partial charge in [0.2, 0.25) is 17.6 Å². The average Bonchev–Trinajstić information content (AvgIpc) is 3.50. The molecule has 2 aromatic rings. The highest BCUT2D eigenvalue weighted by molar-refractivity contribution is 7.51. The van der Waals surface area contributed by atoms with Crippen molar-refractivity contribution in [1.29, 1.82) is 5.26 Å². The van der Waals surface area contributed by atoms with Gasteiger partial charge in [-0.2, -0.15) is 18.4 Å². The summed E-state index contributed by atoms with van der Waals surface area (Å²) < 4.78 is 52.6. The van der Waals surface area contributed by atoms with Gasteiger partial charge in [0.05, 0.1) is 11.6 Å². The fraction of sp³-hybridized carbons (Fsp3) is 0.552. The number of benzene rings is 1. The van der Waals surface area contributed by atoms with Crippen LogP contribution < -0.4 is 20.4 Å². The quantitative estimate of drug-likeness (QED) is 0.250. The second-order valence-corrected chi connectivity index (χ2v) is 13.0. The topological polar surface area (TPSA) is 172 Å². The Balaban J connectivity index is 1.35. The van der Waals surface area contributed by atoms with Gasteiger partial charge < -0.3 is 30.2 Å². The molecule has 244 valence electrons. The predicted octanol–water partition coefficient (Wildman–Crippen LogP) is 3.33. The lowest BCUT2D eigenvalue weighted by Crippen LogP contribution is -2.44. The number of nitriles is 1. The molecule has 1 atom stereocenters. The van der Waals surface area contributed by atoms with Crippen molar-refractivity contribution >= 4 is 31.0 Å². The van der Waals surface area contributed by atoms with Gasteiger partial charge in [-0.25, -0.2) is 9.97 Å². The summed E-state index contributed by atoms with van der Waals surface area (Å²) >= 11 is 0. The SMILES string of the molecule is N#Cc1ccc(CCNC(=O)C2CCCN2c2cc(N3CCC(CCCC(=O)NCP(=O)(O)O)CC3)nc(C(F)(F)F)n2)cc1. The number of hydrogen-bond donors (Lipinski definition) is 4. The van der Waals surface area contributed by atoms with Crippen LogP contribution in [-0.4, -0.2) is 70.1 Å². The summed E-state index contributed by atoms with van der Waals surface area (Å²) in [6.45, 7) is 1.64. The molecule has 4 rings (SSSR count). The van der Waals surface area contributed by atoms with Crippen molar-refractivity contribution in [3.8, 4) is 6.07 Å². The maximum absolute atomic E-state index is 13.9. The Kier molecular flexibility index (Phi) is 11.4. The molecule has 2 fully saturated rings. The average molecular weight is 652 g/mol. The van der Waals surface area contributed by atoms with Crippen LogP contribution in [0.5, 0.6) is 0 Å². The van der Waals surface area contributed by atoms with E-state index in [0.717, 1.165) is 5.56 Å². The largest absolute Gasteiger partial charge is 0.451 e. The number of rotatable bonds is 12. The molecule has 4 N–H and O–H groups in total. The van der Waals surface area contributed by atoms with Crippen molar-refractivity contribution in [2.45, 2.75) is 63.6 Å². The van der Waals surface area contributed by atoms with Crippen LogP contribution in [0.15, 0.2) is 30.3 Å². The highest BCUT2D eigenvalue weighted by Crippen LogP contribution is 2.35. The van der Waals surface area contributed by atoms with Gasteiger partial charge in [0, 0.05) is 38.7 Å². The van der Waals surface area contributed by atoms with E-state index < -0.39 is 37.8 Å². The normalized spacial score (nSPS) is 17.6. The minimum Gasteiger partial charge on any atom is -0.356 e. The lowest BCUT2D eigenvalue weighted by atomic mass is 9.91. The van der Waals surface area contributed by atoms with Crippen molar-refractivity contribution in [3.63, 3.8) is 0 Å². The number of carbonyl (C=O) groups is 2. The van der Waals surface area contributed by atoms with E-state index in [4.69, 9.17) is 15.0 Å². The summed E-state index contributed by atoms with van der Waals surface area (Å²) in [5, 5.41) is 14.0. The van der Waals surface area contributed by atoms with E-state index in [9.17, 15) is 27.3 Å². The number of hydrogen-bond acceptors (Lipinski definition) is 8. The molecule has 1 aromatic carbocycles. The molecule has 0 radical (unpaired) electrons. The Labute approximate surface area is 259 Å². The molecule has 2 amide bonds. The number of piperidine rings is 1. The Morgan fingerprint density at radius 3 is 2.38 bits per heavy atom. The summed E-state index contributed by atoms with van der Waals surface area (Å²) in [5.74, 6) is -1.54. The summed E-state index contributed by atoms with van der Waals surface area (Å²) in [4.78, 5) is 53.7. The fourth-order valence-corrected chi connectivity index (χ4v) is 6.03. The molecule has 1 unspecified atom stereocenters. The van der Waals surface area contributed by atoms with Crippen LogP contribution in [0, 0.1) is 17.2 Å². The van der Waals surface area contributed by atoms with E-state index in [1.54, 1.807) is 21.9 Å². The highest BCUT2D eigenvalue weighted by atomic mass is 31.2. The Hall–Kier alpha value is -3.73. The van der Waals surface area contributed by atoms with E-state index in [-0.39, 0.29) is 29.9 Å². The number of nitrogens with zero attached hydrogens (tertiary/aromatic N) is 5. The smallest absolute Gasteiger partial charge is 0.356 e. The Bertz CT molecular complexity index is 1420. The fourth-order valence-electron chi connectivity index (χ4n) is 5.65. The second kappa shape index (κ2) is 15.0. The van der Waals surface area contributed by atoms with Crippen LogP contribution in [0.1, 0.15) is 61.9 Å². The zero-order chi connectivity index (χ0) is 32.6. The number of carbonyl (C=O) groups excluding carboxylic acids is 2. The summed E-state index contributed by atoms with van der Waals surface area (Å²) in [6.07, 6.45) is -1.12. The minimum atomic E-state index is -4.78. The molecule has 2 aliphatic rings. The number of amides is 2. The molecule has 1 aromatic heterocycles. The maximum Gasteiger partial charge on any atom is 0.451 e. The molecule has 0 aliphatic carbocycles. The summed E-state index contributed by atoms with van der Waals surface area (Å²) in [5.41, 5.74) is 1.48. The van der Waals surface area contributed by atoms with Gasteiger partial charge in [-0.1, -0.05) is 12.1 Å². The van der Waals surface area contributed by atoms with E-state index >= 15 is 0 Å². The van der Waals surface area contributed by atoms with Crippen molar-refractivity contribution in [2.24, 2.45) is 5.92 Å². The number of anilines is 2. The lowest BCUT2D eigenvalue weighted by molar-refractivity contribution is -0.144.